The van der Waals surface area contributed by atoms with Crippen LogP contribution in [0.25, 0.3) is 0 Å². The van der Waals surface area contributed by atoms with Crippen molar-refractivity contribution in [1.82, 2.24) is 5.32 Å². The van der Waals surface area contributed by atoms with E-state index in [1.54, 1.807) is 0 Å². The van der Waals surface area contributed by atoms with Gasteiger partial charge in [-0.1, -0.05) is 6.92 Å². The van der Waals surface area contributed by atoms with Crippen molar-refractivity contribution >= 4 is 0 Å². The summed E-state index contributed by atoms with van der Waals surface area (Å²) in [4.78, 5) is 0. The Kier molecular flexibility index (Phi) is 5.01. The van der Waals surface area contributed by atoms with Gasteiger partial charge in [0.1, 0.15) is 0 Å². The van der Waals surface area contributed by atoms with Gasteiger partial charge in [0.15, 0.2) is 0 Å². The van der Waals surface area contributed by atoms with Crippen LogP contribution in [0.4, 0.5) is 0 Å². The summed E-state index contributed by atoms with van der Waals surface area (Å²) in [5.74, 6) is 0. The molecule has 0 heterocycles. The molecule has 0 aromatic heterocycles. The van der Waals surface area contributed by atoms with E-state index in [0.717, 1.165) is 13.1 Å². The highest BCUT2D eigenvalue weighted by Crippen LogP contribution is 1.72. The Morgan fingerprint density at radius 1 is 1.62 bits per heavy atom. The number of hydrogen-bond acceptors (Lipinski definition) is 2. The van der Waals surface area contributed by atoms with Crippen molar-refractivity contribution < 1.29 is 0 Å². The SMILES string of the molecule is CCCNCC(C)N. The van der Waals surface area contributed by atoms with Gasteiger partial charge in [-0.15, -0.1) is 0 Å². The molecule has 8 heavy (non-hydrogen) atoms. The Balaban J connectivity index is 2.72. The van der Waals surface area contributed by atoms with Crippen LogP contribution in [0.3, 0.4) is 0 Å². The van der Waals surface area contributed by atoms with E-state index < -0.39 is 0 Å². The normalized spacial score (nSPS) is 13.9. The fourth-order valence-electron chi connectivity index (χ4n) is 0.507. The van der Waals surface area contributed by atoms with Crippen LogP contribution in [0.1, 0.15) is 20.3 Å². The first-order chi connectivity index (χ1) is 3.77. The molecule has 1 unspecified atom stereocenters. The van der Waals surface area contributed by atoms with Crippen molar-refractivity contribution in [2.45, 2.75) is 26.3 Å². The molecule has 0 fully saturated rings. The molecule has 0 aromatic rings. The lowest BCUT2D eigenvalue weighted by Crippen LogP contribution is -2.31. The zero-order chi connectivity index (χ0) is 6.41. The lowest BCUT2D eigenvalue weighted by Gasteiger charge is -2.04. The largest absolute Gasteiger partial charge is 0.327 e. The predicted octanol–water partition coefficient (Wildman–Crippen LogP) is 0.333. The smallest absolute Gasteiger partial charge is 0.0136 e. The minimum absolute atomic E-state index is 0.293. The molecule has 0 saturated heterocycles. The van der Waals surface area contributed by atoms with Crippen molar-refractivity contribution in [3.05, 3.63) is 0 Å². The van der Waals surface area contributed by atoms with Crippen LogP contribution >= 0.6 is 0 Å². The monoisotopic (exact) mass is 116 g/mol. The average Bonchev–Trinajstić information content (AvgIpc) is 1.66. The standard InChI is InChI=1S/C6H16N2/c1-3-4-8-5-6(2)7/h6,8H,3-5,7H2,1-2H3. The van der Waals surface area contributed by atoms with Gasteiger partial charge < -0.3 is 11.1 Å². The van der Waals surface area contributed by atoms with E-state index in [2.05, 4.69) is 12.2 Å². The van der Waals surface area contributed by atoms with Crippen LogP contribution < -0.4 is 11.1 Å². The Labute approximate surface area is 51.5 Å². The highest BCUT2D eigenvalue weighted by molar-refractivity contribution is 4.55. The molecule has 0 aromatic carbocycles. The van der Waals surface area contributed by atoms with E-state index in [1.807, 2.05) is 6.92 Å². The molecule has 0 aliphatic heterocycles. The third-order valence-corrected chi connectivity index (χ3v) is 0.893. The molecule has 3 N–H and O–H groups in total. The second-order valence-electron chi connectivity index (χ2n) is 2.18. The molecular formula is C6H16N2. The number of nitrogens with two attached hydrogens (primary N) is 1. The van der Waals surface area contributed by atoms with Gasteiger partial charge in [0, 0.05) is 12.6 Å². The van der Waals surface area contributed by atoms with E-state index in [4.69, 9.17) is 5.73 Å². The topological polar surface area (TPSA) is 38.0 Å². The molecule has 0 aliphatic carbocycles. The Hall–Kier alpha value is -0.0800. The molecule has 0 saturated carbocycles. The van der Waals surface area contributed by atoms with Crippen molar-refractivity contribution in [3.63, 3.8) is 0 Å². The number of nitrogens with one attached hydrogen (secondary N) is 1. The van der Waals surface area contributed by atoms with Gasteiger partial charge in [0.2, 0.25) is 0 Å². The summed E-state index contributed by atoms with van der Waals surface area (Å²) in [6.07, 6.45) is 1.19. The van der Waals surface area contributed by atoms with Crippen LogP contribution in [0, 0.1) is 0 Å². The van der Waals surface area contributed by atoms with Crippen LogP contribution in [0.2, 0.25) is 0 Å². The van der Waals surface area contributed by atoms with Gasteiger partial charge in [0.05, 0.1) is 0 Å². The lowest BCUT2D eigenvalue weighted by molar-refractivity contribution is 0.603. The quantitative estimate of drug-likeness (QED) is 0.520. The summed E-state index contributed by atoms with van der Waals surface area (Å²) in [6.45, 7) is 6.17. The molecule has 0 rings (SSSR count). The molecule has 0 aliphatic rings. The highest BCUT2D eigenvalue weighted by atomic mass is 14.9. The molecule has 0 spiro atoms. The third kappa shape index (κ3) is 5.92. The van der Waals surface area contributed by atoms with Gasteiger partial charge in [-0.25, -0.2) is 0 Å². The number of rotatable bonds is 4. The molecular weight excluding hydrogens is 100 g/mol. The van der Waals surface area contributed by atoms with E-state index in [9.17, 15) is 0 Å². The number of hydrogen-bond donors (Lipinski definition) is 2. The van der Waals surface area contributed by atoms with Crippen molar-refractivity contribution in [2.75, 3.05) is 13.1 Å². The lowest BCUT2D eigenvalue weighted by atomic mass is 10.3. The molecule has 0 radical (unpaired) electrons. The minimum Gasteiger partial charge on any atom is -0.327 e. The van der Waals surface area contributed by atoms with E-state index in [1.165, 1.54) is 6.42 Å². The fourth-order valence-corrected chi connectivity index (χ4v) is 0.507. The van der Waals surface area contributed by atoms with E-state index in [0.29, 0.717) is 6.04 Å². The molecule has 2 heteroatoms. The van der Waals surface area contributed by atoms with Crippen molar-refractivity contribution in [1.29, 1.82) is 0 Å². The summed E-state index contributed by atoms with van der Waals surface area (Å²) < 4.78 is 0. The molecule has 0 amide bonds. The van der Waals surface area contributed by atoms with Gasteiger partial charge in [-0.05, 0) is 19.9 Å². The third-order valence-electron chi connectivity index (χ3n) is 0.893. The first-order valence-corrected chi connectivity index (χ1v) is 3.23. The van der Waals surface area contributed by atoms with Gasteiger partial charge in [-0.3, -0.25) is 0 Å². The summed E-state index contributed by atoms with van der Waals surface area (Å²) in [5, 5.41) is 3.21. The second kappa shape index (κ2) is 5.06. The van der Waals surface area contributed by atoms with Crippen LogP contribution in [0.15, 0.2) is 0 Å². The van der Waals surface area contributed by atoms with Gasteiger partial charge in [-0.2, -0.15) is 0 Å². The molecule has 1 atom stereocenters. The van der Waals surface area contributed by atoms with Crippen LogP contribution in [-0.2, 0) is 0 Å². The highest BCUT2D eigenvalue weighted by Gasteiger charge is 1.88. The first kappa shape index (κ1) is 7.92. The Morgan fingerprint density at radius 2 is 2.25 bits per heavy atom. The Morgan fingerprint density at radius 3 is 2.62 bits per heavy atom. The summed E-state index contributed by atoms with van der Waals surface area (Å²) >= 11 is 0. The summed E-state index contributed by atoms with van der Waals surface area (Å²) in [7, 11) is 0. The molecule has 0 bridgehead atoms. The second-order valence-corrected chi connectivity index (χ2v) is 2.18. The zero-order valence-electron chi connectivity index (χ0n) is 5.78. The van der Waals surface area contributed by atoms with E-state index >= 15 is 0 Å². The van der Waals surface area contributed by atoms with E-state index in [-0.39, 0.29) is 0 Å². The van der Waals surface area contributed by atoms with Gasteiger partial charge in [0.25, 0.3) is 0 Å². The average molecular weight is 116 g/mol. The molecule has 2 nitrogen and oxygen atoms in total. The first-order valence-electron chi connectivity index (χ1n) is 3.23. The minimum atomic E-state index is 0.293. The fraction of sp³-hybridized carbons (Fsp3) is 1.00. The maximum absolute atomic E-state index is 5.47. The summed E-state index contributed by atoms with van der Waals surface area (Å²) in [5.41, 5.74) is 5.47. The van der Waals surface area contributed by atoms with Crippen molar-refractivity contribution in [3.8, 4) is 0 Å². The Bertz CT molecular complexity index is 43.8. The maximum Gasteiger partial charge on any atom is 0.0136 e. The van der Waals surface area contributed by atoms with Crippen molar-refractivity contribution in [2.24, 2.45) is 5.73 Å². The predicted molar refractivity (Wildman–Crippen MR) is 36.8 cm³/mol. The maximum atomic E-state index is 5.47. The van der Waals surface area contributed by atoms with Gasteiger partial charge >= 0.3 is 0 Å². The summed E-state index contributed by atoms with van der Waals surface area (Å²) in [6, 6.07) is 0.293. The van der Waals surface area contributed by atoms with Crippen LogP contribution in [0.5, 0.6) is 0 Å². The molecule has 50 valence electrons. The van der Waals surface area contributed by atoms with Crippen LogP contribution in [-0.4, -0.2) is 19.1 Å². The zero-order valence-corrected chi connectivity index (χ0v) is 5.78.